The van der Waals surface area contributed by atoms with Gasteiger partial charge in [-0.2, -0.15) is 0 Å². The Morgan fingerprint density at radius 1 is 1.12 bits per heavy atom. The average Bonchev–Trinajstić information content (AvgIpc) is 2.99. The van der Waals surface area contributed by atoms with E-state index in [1.54, 1.807) is 18.2 Å². The van der Waals surface area contributed by atoms with Crippen LogP contribution >= 0.6 is 11.6 Å². The summed E-state index contributed by atoms with van der Waals surface area (Å²) in [6.45, 7) is 1.82. The molecule has 2 aromatic carbocycles. The molecule has 0 spiro atoms. The lowest BCUT2D eigenvalue weighted by Gasteiger charge is -2.15. The van der Waals surface area contributed by atoms with Crippen LogP contribution in [0.3, 0.4) is 0 Å². The number of nitrogens with zero attached hydrogens (tertiary/aromatic N) is 1. The fourth-order valence-electron chi connectivity index (χ4n) is 2.77. The third kappa shape index (κ3) is 3.95. The molecule has 0 saturated carbocycles. The first-order valence-electron chi connectivity index (χ1n) is 8.02. The van der Waals surface area contributed by atoms with Crippen LogP contribution < -0.4 is 5.32 Å². The van der Waals surface area contributed by atoms with E-state index in [-0.39, 0.29) is 11.8 Å². The van der Waals surface area contributed by atoms with Gasteiger partial charge in [0.15, 0.2) is 0 Å². The van der Waals surface area contributed by atoms with Crippen molar-refractivity contribution in [2.75, 3.05) is 6.54 Å². The number of rotatable bonds is 5. The normalized spacial score (nSPS) is 14.0. The van der Waals surface area contributed by atoms with Crippen molar-refractivity contribution in [1.29, 1.82) is 0 Å². The summed E-state index contributed by atoms with van der Waals surface area (Å²) >= 11 is 6.08. The van der Waals surface area contributed by atoms with Gasteiger partial charge < -0.3 is 10.2 Å². The van der Waals surface area contributed by atoms with Crippen LogP contribution in [-0.4, -0.2) is 23.3 Å². The number of carbonyl (C=O) groups is 2. The summed E-state index contributed by atoms with van der Waals surface area (Å²) in [7, 11) is 0. The zero-order valence-electron chi connectivity index (χ0n) is 13.3. The van der Waals surface area contributed by atoms with Crippen molar-refractivity contribution in [2.45, 2.75) is 25.9 Å². The Kier molecular flexibility index (Phi) is 5.16. The standard InChI is InChI=1S/C19H19ClN2O2/c20-17-5-2-1-4-16(17)12-21-19(24)15-9-7-14(8-10-15)13-22-11-3-6-18(22)23/h1-2,4-5,7-10H,3,6,11-13H2,(H,21,24). The summed E-state index contributed by atoms with van der Waals surface area (Å²) < 4.78 is 0. The van der Waals surface area contributed by atoms with Crippen molar-refractivity contribution < 1.29 is 9.59 Å². The van der Waals surface area contributed by atoms with Crippen LogP contribution in [0.4, 0.5) is 0 Å². The number of hydrogen-bond donors (Lipinski definition) is 1. The van der Waals surface area contributed by atoms with Crippen molar-refractivity contribution >= 4 is 23.4 Å². The van der Waals surface area contributed by atoms with Crippen LogP contribution in [0, 0.1) is 0 Å². The highest BCUT2D eigenvalue weighted by Crippen LogP contribution is 2.16. The highest BCUT2D eigenvalue weighted by Gasteiger charge is 2.19. The zero-order valence-corrected chi connectivity index (χ0v) is 14.1. The fraction of sp³-hybridized carbons (Fsp3) is 0.263. The van der Waals surface area contributed by atoms with Crippen molar-refractivity contribution in [3.63, 3.8) is 0 Å². The maximum absolute atomic E-state index is 12.2. The smallest absolute Gasteiger partial charge is 0.251 e. The largest absolute Gasteiger partial charge is 0.348 e. The Bertz CT molecular complexity index is 743. The molecule has 5 heteroatoms. The topological polar surface area (TPSA) is 49.4 Å². The maximum Gasteiger partial charge on any atom is 0.251 e. The molecule has 0 radical (unpaired) electrons. The van der Waals surface area contributed by atoms with Gasteiger partial charge in [-0.1, -0.05) is 41.9 Å². The van der Waals surface area contributed by atoms with Gasteiger partial charge in [0.1, 0.15) is 0 Å². The molecule has 0 aromatic heterocycles. The van der Waals surface area contributed by atoms with Gasteiger partial charge in [-0.3, -0.25) is 9.59 Å². The Morgan fingerprint density at radius 3 is 2.54 bits per heavy atom. The zero-order chi connectivity index (χ0) is 16.9. The van der Waals surface area contributed by atoms with E-state index in [1.165, 1.54) is 0 Å². The second kappa shape index (κ2) is 7.49. The van der Waals surface area contributed by atoms with Crippen LogP contribution in [0.1, 0.15) is 34.3 Å². The summed E-state index contributed by atoms with van der Waals surface area (Å²) in [5.74, 6) is 0.0651. The van der Waals surface area contributed by atoms with Gasteiger partial charge in [-0.05, 0) is 35.7 Å². The molecule has 0 aliphatic carbocycles. The summed E-state index contributed by atoms with van der Waals surface area (Å²) in [5.41, 5.74) is 2.52. The third-order valence-corrected chi connectivity index (χ3v) is 4.53. The molecule has 1 fully saturated rings. The Morgan fingerprint density at radius 2 is 1.88 bits per heavy atom. The van der Waals surface area contributed by atoms with Crippen LogP contribution in [0.5, 0.6) is 0 Å². The van der Waals surface area contributed by atoms with Crippen LogP contribution in [0.15, 0.2) is 48.5 Å². The minimum atomic E-state index is -0.140. The Hall–Kier alpha value is -2.33. The number of carbonyl (C=O) groups excluding carboxylic acids is 2. The van der Waals surface area contributed by atoms with E-state index in [1.807, 2.05) is 35.2 Å². The Labute approximate surface area is 146 Å². The summed E-state index contributed by atoms with van der Waals surface area (Å²) in [6.07, 6.45) is 1.57. The monoisotopic (exact) mass is 342 g/mol. The van der Waals surface area contributed by atoms with Gasteiger partial charge in [-0.25, -0.2) is 0 Å². The van der Waals surface area contributed by atoms with E-state index in [0.29, 0.717) is 30.1 Å². The summed E-state index contributed by atoms with van der Waals surface area (Å²) in [5, 5.41) is 3.51. The third-order valence-electron chi connectivity index (χ3n) is 4.16. The van der Waals surface area contributed by atoms with E-state index in [9.17, 15) is 9.59 Å². The molecule has 1 aliphatic heterocycles. The van der Waals surface area contributed by atoms with Gasteiger partial charge in [0.2, 0.25) is 5.91 Å². The highest BCUT2D eigenvalue weighted by atomic mass is 35.5. The lowest BCUT2D eigenvalue weighted by atomic mass is 10.1. The molecule has 4 nitrogen and oxygen atoms in total. The first-order chi connectivity index (χ1) is 11.6. The molecule has 124 valence electrons. The summed E-state index contributed by atoms with van der Waals surface area (Å²) in [6, 6.07) is 14.8. The molecule has 3 rings (SSSR count). The molecule has 1 N–H and O–H groups in total. The number of halogens is 1. The van der Waals surface area contributed by atoms with Crippen molar-refractivity contribution in [1.82, 2.24) is 10.2 Å². The first-order valence-corrected chi connectivity index (χ1v) is 8.39. The van der Waals surface area contributed by atoms with Crippen LogP contribution in [0.2, 0.25) is 5.02 Å². The van der Waals surface area contributed by atoms with Gasteiger partial charge >= 0.3 is 0 Å². The van der Waals surface area contributed by atoms with Gasteiger partial charge in [0.25, 0.3) is 5.91 Å². The SMILES string of the molecule is O=C(NCc1ccccc1Cl)c1ccc(CN2CCCC2=O)cc1. The minimum absolute atomic E-state index is 0.140. The molecule has 1 aliphatic rings. The minimum Gasteiger partial charge on any atom is -0.348 e. The molecule has 0 unspecified atom stereocenters. The quantitative estimate of drug-likeness (QED) is 0.905. The number of benzene rings is 2. The van der Waals surface area contributed by atoms with E-state index >= 15 is 0 Å². The van der Waals surface area contributed by atoms with Crippen molar-refractivity contribution in [2.24, 2.45) is 0 Å². The predicted molar refractivity (Wildman–Crippen MR) is 93.7 cm³/mol. The fourth-order valence-corrected chi connectivity index (χ4v) is 2.97. The predicted octanol–water partition coefficient (Wildman–Crippen LogP) is 3.39. The molecule has 2 amide bonds. The van der Waals surface area contributed by atoms with Crippen LogP contribution in [-0.2, 0) is 17.9 Å². The second-order valence-electron chi connectivity index (χ2n) is 5.89. The first kappa shape index (κ1) is 16.5. The Balaban J connectivity index is 1.57. The van der Waals surface area contributed by atoms with Gasteiger partial charge in [0, 0.05) is 36.6 Å². The lowest BCUT2D eigenvalue weighted by molar-refractivity contribution is -0.128. The molecule has 1 saturated heterocycles. The van der Waals surface area contributed by atoms with Crippen LogP contribution in [0.25, 0.3) is 0 Å². The molecule has 2 aromatic rings. The highest BCUT2D eigenvalue weighted by molar-refractivity contribution is 6.31. The molecule has 0 atom stereocenters. The molecule has 1 heterocycles. The number of likely N-dealkylation sites (tertiary alicyclic amines) is 1. The average molecular weight is 343 g/mol. The van der Waals surface area contributed by atoms with E-state index in [4.69, 9.17) is 11.6 Å². The number of hydrogen-bond acceptors (Lipinski definition) is 2. The number of amides is 2. The van der Waals surface area contributed by atoms with Crippen molar-refractivity contribution in [3.05, 3.63) is 70.2 Å². The van der Waals surface area contributed by atoms with E-state index in [2.05, 4.69) is 5.32 Å². The van der Waals surface area contributed by atoms with Crippen molar-refractivity contribution in [3.8, 4) is 0 Å². The summed E-state index contributed by atoms with van der Waals surface area (Å²) in [4.78, 5) is 25.7. The van der Waals surface area contributed by atoms with E-state index < -0.39 is 0 Å². The molecule has 24 heavy (non-hydrogen) atoms. The number of nitrogens with one attached hydrogen (secondary N) is 1. The van der Waals surface area contributed by atoms with Gasteiger partial charge in [0.05, 0.1) is 0 Å². The second-order valence-corrected chi connectivity index (χ2v) is 6.30. The maximum atomic E-state index is 12.2. The van der Waals surface area contributed by atoms with E-state index in [0.717, 1.165) is 24.1 Å². The van der Waals surface area contributed by atoms with Gasteiger partial charge in [-0.15, -0.1) is 0 Å². The molecular weight excluding hydrogens is 324 g/mol. The molecule has 0 bridgehead atoms. The molecular formula is C19H19ClN2O2. The lowest BCUT2D eigenvalue weighted by Crippen LogP contribution is -2.24.